The van der Waals surface area contributed by atoms with E-state index in [1.807, 2.05) is 30.3 Å². The van der Waals surface area contributed by atoms with E-state index >= 15 is 0 Å². The molecule has 18 heavy (non-hydrogen) atoms. The van der Waals surface area contributed by atoms with Crippen molar-refractivity contribution in [2.75, 3.05) is 0 Å². The van der Waals surface area contributed by atoms with Gasteiger partial charge in [-0.2, -0.15) is 0 Å². The van der Waals surface area contributed by atoms with Crippen LogP contribution < -0.4 is 5.73 Å². The van der Waals surface area contributed by atoms with Crippen molar-refractivity contribution in [1.29, 1.82) is 5.41 Å². The topological polar surface area (TPSA) is 49.9 Å². The van der Waals surface area contributed by atoms with Crippen molar-refractivity contribution in [1.82, 2.24) is 0 Å². The first-order valence-electron chi connectivity index (χ1n) is 5.14. The van der Waals surface area contributed by atoms with Crippen LogP contribution in [-0.2, 0) is 0 Å². The molecule has 2 aromatic carbocycles. The maximum Gasteiger partial charge on any atom is 0.123 e. The molecule has 0 aliphatic rings. The monoisotopic (exact) mass is 296 g/mol. The second-order valence-corrected chi connectivity index (χ2v) is 5.52. The molecule has 0 bridgehead atoms. The van der Waals surface area contributed by atoms with Gasteiger partial charge in [-0.3, -0.25) is 5.41 Å². The Morgan fingerprint density at radius 2 is 1.78 bits per heavy atom. The SMILES string of the molecule is N=C(N)c1ccccc1Sc1ccc(Cl)c(Cl)c1. The fraction of sp³-hybridized carbons (Fsp3) is 0. The molecule has 5 heteroatoms. The third kappa shape index (κ3) is 2.99. The van der Waals surface area contributed by atoms with Crippen LogP contribution in [0.5, 0.6) is 0 Å². The summed E-state index contributed by atoms with van der Waals surface area (Å²) in [5, 5.41) is 8.58. The lowest BCUT2D eigenvalue weighted by atomic mass is 10.2. The van der Waals surface area contributed by atoms with Gasteiger partial charge >= 0.3 is 0 Å². The number of nitrogens with two attached hydrogens (primary N) is 1. The molecule has 0 fully saturated rings. The maximum absolute atomic E-state index is 7.54. The smallest absolute Gasteiger partial charge is 0.123 e. The summed E-state index contributed by atoms with van der Waals surface area (Å²) in [7, 11) is 0. The Morgan fingerprint density at radius 1 is 1.06 bits per heavy atom. The Bertz CT molecular complexity index is 599. The van der Waals surface area contributed by atoms with Crippen molar-refractivity contribution in [3.8, 4) is 0 Å². The Balaban J connectivity index is 2.34. The third-order valence-electron chi connectivity index (χ3n) is 2.30. The number of amidine groups is 1. The van der Waals surface area contributed by atoms with Gasteiger partial charge in [-0.1, -0.05) is 53.2 Å². The molecule has 0 radical (unpaired) electrons. The summed E-state index contributed by atoms with van der Waals surface area (Å²) in [4.78, 5) is 1.88. The quantitative estimate of drug-likeness (QED) is 0.650. The molecule has 0 unspecified atom stereocenters. The second-order valence-electron chi connectivity index (χ2n) is 3.59. The Morgan fingerprint density at radius 3 is 2.44 bits per heavy atom. The van der Waals surface area contributed by atoms with Crippen LogP contribution in [0.1, 0.15) is 5.56 Å². The van der Waals surface area contributed by atoms with Crippen molar-refractivity contribution in [3.63, 3.8) is 0 Å². The molecule has 0 saturated carbocycles. The number of nitrogen functional groups attached to an aromatic ring is 1. The van der Waals surface area contributed by atoms with Gasteiger partial charge < -0.3 is 5.73 Å². The summed E-state index contributed by atoms with van der Waals surface area (Å²) in [5.41, 5.74) is 6.26. The first-order valence-corrected chi connectivity index (χ1v) is 6.71. The normalized spacial score (nSPS) is 10.3. The zero-order chi connectivity index (χ0) is 13.1. The number of nitrogens with one attached hydrogen (secondary N) is 1. The standard InChI is InChI=1S/C13H10Cl2N2S/c14-10-6-5-8(7-11(10)15)18-12-4-2-1-3-9(12)13(16)17/h1-7H,(H3,16,17). The highest BCUT2D eigenvalue weighted by Crippen LogP contribution is 2.34. The summed E-state index contributed by atoms with van der Waals surface area (Å²) in [6.45, 7) is 0. The van der Waals surface area contributed by atoms with E-state index in [2.05, 4.69) is 0 Å². The summed E-state index contributed by atoms with van der Waals surface area (Å²) < 4.78 is 0. The van der Waals surface area contributed by atoms with Crippen molar-refractivity contribution in [2.45, 2.75) is 9.79 Å². The molecule has 2 nitrogen and oxygen atoms in total. The van der Waals surface area contributed by atoms with E-state index in [1.54, 1.807) is 12.1 Å². The van der Waals surface area contributed by atoms with Crippen LogP contribution >= 0.6 is 35.0 Å². The summed E-state index contributed by atoms with van der Waals surface area (Å²) in [5.74, 6) is 0.0539. The van der Waals surface area contributed by atoms with Crippen LogP contribution in [0.4, 0.5) is 0 Å². The highest BCUT2D eigenvalue weighted by molar-refractivity contribution is 7.99. The van der Waals surface area contributed by atoms with Gasteiger partial charge in [0.05, 0.1) is 10.0 Å². The average molecular weight is 297 g/mol. The average Bonchev–Trinajstić information content (AvgIpc) is 2.34. The van der Waals surface area contributed by atoms with Crippen molar-refractivity contribution < 1.29 is 0 Å². The van der Waals surface area contributed by atoms with E-state index in [4.69, 9.17) is 34.3 Å². The van der Waals surface area contributed by atoms with Crippen LogP contribution in [-0.4, -0.2) is 5.84 Å². The molecule has 2 aromatic rings. The fourth-order valence-electron chi connectivity index (χ4n) is 1.45. The van der Waals surface area contributed by atoms with E-state index in [9.17, 15) is 0 Å². The summed E-state index contributed by atoms with van der Waals surface area (Å²) in [6, 6.07) is 12.9. The summed E-state index contributed by atoms with van der Waals surface area (Å²) in [6.07, 6.45) is 0. The molecule has 2 rings (SSSR count). The number of rotatable bonds is 3. The highest BCUT2D eigenvalue weighted by atomic mass is 35.5. The predicted octanol–water partition coefficient (Wildman–Crippen LogP) is 4.43. The molecule has 0 heterocycles. The molecule has 0 amide bonds. The lowest BCUT2D eigenvalue weighted by Gasteiger charge is -2.08. The van der Waals surface area contributed by atoms with Crippen molar-refractivity contribution in [2.24, 2.45) is 5.73 Å². The molecule has 0 atom stereocenters. The van der Waals surface area contributed by atoms with E-state index in [0.29, 0.717) is 15.6 Å². The number of benzene rings is 2. The van der Waals surface area contributed by atoms with Crippen LogP contribution in [0.15, 0.2) is 52.3 Å². The highest BCUT2D eigenvalue weighted by Gasteiger charge is 2.07. The molecular weight excluding hydrogens is 287 g/mol. The van der Waals surface area contributed by atoms with Gasteiger partial charge in [0.2, 0.25) is 0 Å². The van der Waals surface area contributed by atoms with Gasteiger partial charge in [-0.15, -0.1) is 0 Å². The first-order chi connectivity index (χ1) is 8.58. The molecule has 0 aromatic heterocycles. The number of hydrogen-bond donors (Lipinski definition) is 2. The van der Waals surface area contributed by atoms with Crippen molar-refractivity contribution in [3.05, 3.63) is 58.1 Å². The minimum Gasteiger partial charge on any atom is -0.384 e. The Labute approximate surface area is 120 Å². The molecular formula is C13H10Cl2N2S. The van der Waals surface area contributed by atoms with E-state index < -0.39 is 0 Å². The minimum atomic E-state index is 0.0539. The van der Waals surface area contributed by atoms with Gasteiger partial charge in [0.15, 0.2) is 0 Å². The predicted molar refractivity (Wildman–Crippen MR) is 78.0 cm³/mol. The molecule has 0 spiro atoms. The van der Waals surface area contributed by atoms with Gasteiger partial charge in [-0.25, -0.2) is 0 Å². The largest absolute Gasteiger partial charge is 0.384 e. The van der Waals surface area contributed by atoms with Gasteiger partial charge in [-0.05, 0) is 24.3 Å². The first kappa shape index (κ1) is 13.3. The Hall–Kier alpha value is -1.16. The number of hydrogen-bond acceptors (Lipinski definition) is 2. The van der Waals surface area contributed by atoms with E-state index in [1.165, 1.54) is 11.8 Å². The fourth-order valence-corrected chi connectivity index (χ4v) is 2.81. The van der Waals surface area contributed by atoms with Crippen molar-refractivity contribution >= 4 is 40.8 Å². The molecule has 0 saturated heterocycles. The molecule has 0 aliphatic carbocycles. The second kappa shape index (κ2) is 5.65. The lowest BCUT2D eigenvalue weighted by Crippen LogP contribution is -2.11. The van der Waals surface area contributed by atoms with Crippen LogP contribution in [0, 0.1) is 5.41 Å². The van der Waals surface area contributed by atoms with E-state index in [0.717, 1.165) is 9.79 Å². The van der Waals surface area contributed by atoms with Gasteiger partial charge in [0, 0.05) is 15.4 Å². The van der Waals surface area contributed by atoms with Gasteiger partial charge in [0.1, 0.15) is 5.84 Å². The van der Waals surface area contributed by atoms with Crippen LogP contribution in [0.2, 0.25) is 10.0 Å². The maximum atomic E-state index is 7.54. The third-order valence-corrected chi connectivity index (χ3v) is 4.10. The zero-order valence-electron chi connectivity index (χ0n) is 9.28. The zero-order valence-corrected chi connectivity index (χ0v) is 11.6. The molecule has 3 N–H and O–H groups in total. The lowest BCUT2D eigenvalue weighted by molar-refractivity contribution is 1.33. The Kier molecular flexibility index (Phi) is 4.17. The summed E-state index contributed by atoms with van der Waals surface area (Å²) >= 11 is 13.3. The minimum absolute atomic E-state index is 0.0539. The number of halogens is 2. The molecule has 92 valence electrons. The van der Waals surface area contributed by atoms with Gasteiger partial charge in [0.25, 0.3) is 0 Å². The molecule has 0 aliphatic heterocycles. The van der Waals surface area contributed by atoms with E-state index in [-0.39, 0.29) is 5.84 Å². The van der Waals surface area contributed by atoms with Crippen LogP contribution in [0.3, 0.4) is 0 Å². The van der Waals surface area contributed by atoms with Crippen LogP contribution in [0.25, 0.3) is 0 Å².